The maximum atomic E-state index is 9.72. The van der Waals surface area contributed by atoms with Crippen LogP contribution in [0.2, 0.25) is 0 Å². The molecule has 3 rings (SSSR count). The SMILES string of the molecule is OC1O[C@H](Cn2cc(-c3ccccc3)nn2)[C@@H](O)[C@H]1O. The van der Waals surface area contributed by atoms with Gasteiger partial charge in [0.05, 0.1) is 12.7 Å². The van der Waals surface area contributed by atoms with E-state index in [2.05, 4.69) is 10.3 Å². The highest BCUT2D eigenvalue weighted by molar-refractivity contribution is 5.57. The molecule has 2 heterocycles. The molecule has 1 unspecified atom stereocenters. The van der Waals surface area contributed by atoms with Crippen LogP contribution < -0.4 is 0 Å². The summed E-state index contributed by atoms with van der Waals surface area (Å²) in [7, 11) is 0. The third-order valence-electron chi connectivity index (χ3n) is 3.31. The number of benzene rings is 1. The zero-order valence-corrected chi connectivity index (χ0v) is 10.6. The van der Waals surface area contributed by atoms with Crippen LogP contribution in [0.25, 0.3) is 11.3 Å². The van der Waals surface area contributed by atoms with E-state index in [9.17, 15) is 15.3 Å². The molecule has 1 aromatic heterocycles. The number of aromatic nitrogens is 3. The minimum atomic E-state index is -1.37. The predicted molar refractivity (Wildman–Crippen MR) is 68.4 cm³/mol. The van der Waals surface area contributed by atoms with Gasteiger partial charge in [-0.3, -0.25) is 0 Å². The van der Waals surface area contributed by atoms with Gasteiger partial charge in [0.15, 0.2) is 6.29 Å². The van der Waals surface area contributed by atoms with E-state index in [1.807, 2.05) is 30.3 Å². The number of nitrogens with zero attached hydrogens (tertiary/aromatic N) is 3. The van der Waals surface area contributed by atoms with E-state index >= 15 is 0 Å². The first-order valence-electron chi connectivity index (χ1n) is 6.30. The Balaban J connectivity index is 1.72. The molecule has 0 amide bonds. The maximum absolute atomic E-state index is 9.72. The van der Waals surface area contributed by atoms with Crippen LogP contribution in [0.3, 0.4) is 0 Å². The summed E-state index contributed by atoms with van der Waals surface area (Å²) in [6.45, 7) is 0.203. The van der Waals surface area contributed by atoms with Gasteiger partial charge in [0.2, 0.25) is 0 Å². The summed E-state index contributed by atoms with van der Waals surface area (Å²) < 4.78 is 6.59. The summed E-state index contributed by atoms with van der Waals surface area (Å²) in [6, 6.07) is 9.57. The third kappa shape index (κ3) is 2.44. The maximum Gasteiger partial charge on any atom is 0.184 e. The van der Waals surface area contributed by atoms with Gasteiger partial charge in [-0.1, -0.05) is 35.5 Å². The van der Waals surface area contributed by atoms with Gasteiger partial charge in [0.25, 0.3) is 0 Å². The van der Waals surface area contributed by atoms with Crippen molar-refractivity contribution in [2.75, 3.05) is 0 Å². The molecule has 106 valence electrons. The lowest BCUT2D eigenvalue weighted by molar-refractivity contribution is -0.129. The number of ether oxygens (including phenoxy) is 1. The van der Waals surface area contributed by atoms with Crippen LogP contribution in [0, 0.1) is 0 Å². The Morgan fingerprint density at radius 2 is 1.85 bits per heavy atom. The molecule has 1 fully saturated rings. The molecule has 1 saturated heterocycles. The topological polar surface area (TPSA) is 101 Å². The molecular formula is C13H15N3O4. The van der Waals surface area contributed by atoms with Crippen LogP contribution in [0.5, 0.6) is 0 Å². The van der Waals surface area contributed by atoms with Crippen molar-refractivity contribution < 1.29 is 20.1 Å². The van der Waals surface area contributed by atoms with Gasteiger partial charge in [0.1, 0.15) is 24.0 Å². The van der Waals surface area contributed by atoms with E-state index in [1.54, 1.807) is 6.20 Å². The van der Waals surface area contributed by atoms with Crippen molar-refractivity contribution in [3.63, 3.8) is 0 Å². The molecule has 0 aliphatic carbocycles. The van der Waals surface area contributed by atoms with E-state index in [4.69, 9.17) is 4.74 Å². The van der Waals surface area contributed by atoms with Crippen LogP contribution in [0.15, 0.2) is 36.5 Å². The summed E-state index contributed by atoms with van der Waals surface area (Å²) in [4.78, 5) is 0. The smallest absolute Gasteiger partial charge is 0.184 e. The molecule has 2 aromatic rings. The van der Waals surface area contributed by atoms with Gasteiger partial charge in [0, 0.05) is 5.56 Å². The fourth-order valence-electron chi connectivity index (χ4n) is 2.19. The summed E-state index contributed by atoms with van der Waals surface area (Å²) in [5.74, 6) is 0. The molecule has 20 heavy (non-hydrogen) atoms. The van der Waals surface area contributed by atoms with Crippen LogP contribution >= 0.6 is 0 Å². The van der Waals surface area contributed by atoms with Gasteiger partial charge < -0.3 is 20.1 Å². The highest BCUT2D eigenvalue weighted by atomic mass is 16.6. The second kappa shape index (κ2) is 5.29. The highest BCUT2D eigenvalue weighted by Crippen LogP contribution is 2.21. The standard InChI is InChI=1S/C13H15N3O4/c17-11-10(20-13(19)12(11)18)7-16-6-9(14-15-16)8-4-2-1-3-5-8/h1-6,10-13,17-19H,7H2/t10-,11-,12-,13?/m1/s1. The molecule has 0 saturated carbocycles. The van der Waals surface area contributed by atoms with Crippen molar-refractivity contribution in [1.82, 2.24) is 15.0 Å². The molecule has 3 N–H and O–H groups in total. The lowest BCUT2D eigenvalue weighted by atomic mass is 10.1. The van der Waals surface area contributed by atoms with E-state index < -0.39 is 24.6 Å². The first-order valence-corrected chi connectivity index (χ1v) is 6.30. The molecule has 1 aliphatic rings. The van der Waals surface area contributed by atoms with E-state index in [1.165, 1.54) is 4.68 Å². The molecule has 0 radical (unpaired) electrons. The minimum Gasteiger partial charge on any atom is -0.387 e. The van der Waals surface area contributed by atoms with Gasteiger partial charge >= 0.3 is 0 Å². The fourth-order valence-corrected chi connectivity index (χ4v) is 2.19. The number of aliphatic hydroxyl groups excluding tert-OH is 3. The lowest BCUT2D eigenvalue weighted by Gasteiger charge is -2.13. The molecule has 1 aliphatic heterocycles. The Morgan fingerprint density at radius 3 is 2.50 bits per heavy atom. The first-order chi connectivity index (χ1) is 9.65. The van der Waals surface area contributed by atoms with Crippen molar-refractivity contribution in [3.05, 3.63) is 36.5 Å². The van der Waals surface area contributed by atoms with Crippen molar-refractivity contribution in [2.45, 2.75) is 31.1 Å². The Labute approximate surface area is 115 Å². The average molecular weight is 277 g/mol. The molecular weight excluding hydrogens is 262 g/mol. The summed E-state index contributed by atoms with van der Waals surface area (Å²) in [5, 5.41) is 36.5. The lowest BCUT2D eigenvalue weighted by Crippen LogP contribution is -2.34. The zero-order chi connectivity index (χ0) is 14.1. The van der Waals surface area contributed by atoms with Crippen molar-refractivity contribution in [3.8, 4) is 11.3 Å². The van der Waals surface area contributed by atoms with Gasteiger partial charge in [-0.15, -0.1) is 5.10 Å². The van der Waals surface area contributed by atoms with Gasteiger partial charge in [-0.2, -0.15) is 0 Å². The van der Waals surface area contributed by atoms with Crippen LogP contribution in [0.1, 0.15) is 0 Å². The molecule has 4 atom stereocenters. The fraction of sp³-hybridized carbons (Fsp3) is 0.385. The predicted octanol–water partition coefficient (Wildman–Crippen LogP) is -0.616. The molecule has 0 spiro atoms. The van der Waals surface area contributed by atoms with E-state index in [-0.39, 0.29) is 6.54 Å². The number of aliphatic hydroxyl groups is 3. The molecule has 0 bridgehead atoms. The minimum absolute atomic E-state index is 0.203. The van der Waals surface area contributed by atoms with Crippen molar-refractivity contribution in [1.29, 1.82) is 0 Å². The Bertz CT molecular complexity index is 574. The zero-order valence-electron chi connectivity index (χ0n) is 10.6. The van der Waals surface area contributed by atoms with E-state index in [0.717, 1.165) is 5.56 Å². The molecule has 7 heteroatoms. The Hall–Kier alpha value is -1.80. The Kier molecular flexibility index (Phi) is 3.49. The number of hydrogen-bond donors (Lipinski definition) is 3. The second-order valence-electron chi connectivity index (χ2n) is 4.74. The number of rotatable bonds is 3. The van der Waals surface area contributed by atoms with Crippen LogP contribution in [0.4, 0.5) is 0 Å². The number of hydrogen-bond acceptors (Lipinski definition) is 6. The van der Waals surface area contributed by atoms with Gasteiger partial charge in [-0.25, -0.2) is 4.68 Å². The molecule has 7 nitrogen and oxygen atoms in total. The summed E-state index contributed by atoms with van der Waals surface area (Å²) in [6.07, 6.45) is -2.80. The summed E-state index contributed by atoms with van der Waals surface area (Å²) >= 11 is 0. The molecule has 1 aromatic carbocycles. The third-order valence-corrected chi connectivity index (χ3v) is 3.31. The quantitative estimate of drug-likeness (QED) is 0.691. The van der Waals surface area contributed by atoms with Crippen LogP contribution in [-0.2, 0) is 11.3 Å². The Morgan fingerprint density at radius 1 is 1.10 bits per heavy atom. The largest absolute Gasteiger partial charge is 0.387 e. The van der Waals surface area contributed by atoms with Crippen molar-refractivity contribution >= 4 is 0 Å². The second-order valence-corrected chi connectivity index (χ2v) is 4.74. The van der Waals surface area contributed by atoms with Crippen LogP contribution in [-0.4, -0.2) is 54.9 Å². The monoisotopic (exact) mass is 277 g/mol. The summed E-state index contributed by atoms with van der Waals surface area (Å²) in [5.41, 5.74) is 1.64. The van der Waals surface area contributed by atoms with E-state index in [0.29, 0.717) is 5.69 Å². The van der Waals surface area contributed by atoms with Crippen molar-refractivity contribution in [2.24, 2.45) is 0 Å². The van der Waals surface area contributed by atoms with Gasteiger partial charge in [-0.05, 0) is 0 Å². The average Bonchev–Trinajstić information content (AvgIpc) is 3.02. The normalized spacial score (nSPS) is 29.8. The first kappa shape index (κ1) is 13.2. The highest BCUT2D eigenvalue weighted by Gasteiger charge is 2.41.